The fourth-order valence-corrected chi connectivity index (χ4v) is 1.53. The topological polar surface area (TPSA) is 49.8 Å². The third-order valence-electron chi connectivity index (χ3n) is 2.12. The molecule has 84 valence electrons. The van der Waals surface area contributed by atoms with Crippen LogP contribution >= 0.6 is 0 Å². The Balaban J connectivity index is 3.13. The van der Waals surface area contributed by atoms with Crippen LogP contribution in [0.3, 0.4) is 0 Å². The molecule has 0 aliphatic heterocycles. The second-order valence-corrected chi connectivity index (χ2v) is 4.19. The number of rotatable bonds is 4. The van der Waals surface area contributed by atoms with Gasteiger partial charge in [-0.1, -0.05) is 13.8 Å². The first-order chi connectivity index (χ1) is 7.06. The van der Waals surface area contributed by atoms with Crippen LogP contribution in [-0.2, 0) is 0 Å². The molecule has 0 aliphatic rings. The van der Waals surface area contributed by atoms with Gasteiger partial charge in [-0.2, -0.15) is 0 Å². The van der Waals surface area contributed by atoms with Crippen molar-refractivity contribution in [2.75, 3.05) is 17.7 Å². The van der Waals surface area contributed by atoms with Crippen LogP contribution in [0.15, 0.2) is 6.33 Å². The third-order valence-corrected chi connectivity index (χ3v) is 2.12. The lowest BCUT2D eigenvalue weighted by Gasteiger charge is -2.18. The molecule has 4 heteroatoms. The highest BCUT2D eigenvalue weighted by molar-refractivity contribution is 5.58. The molecule has 2 N–H and O–H groups in total. The number of nitrogens with one attached hydrogen (secondary N) is 2. The number of nitrogens with zero attached hydrogens (tertiary/aromatic N) is 2. The Bertz CT molecular complexity index is 320. The van der Waals surface area contributed by atoms with Gasteiger partial charge in [-0.05, 0) is 19.8 Å². The first kappa shape index (κ1) is 11.8. The molecule has 0 unspecified atom stereocenters. The van der Waals surface area contributed by atoms with E-state index in [2.05, 4.69) is 48.3 Å². The van der Waals surface area contributed by atoms with Crippen LogP contribution in [0.4, 0.5) is 11.6 Å². The summed E-state index contributed by atoms with van der Waals surface area (Å²) in [6.45, 7) is 8.49. The molecule has 0 radical (unpaired) electrons. The molecule has 1 rings (SSSR count). The molecule has 1 aromatic rings. The summed E-state index contributed by atoms with van der Waals surface area (Å²) in [5, 5.41) is 6.44. The largest absolute Gasteiger partial charge is 0.373 e. The lowest BCUT2D eigenvalue weighted by atomic mass is 10.0. The van der Waals surface area contributed by atoms with Crippen molar-refractivity contribution < 1.29 is 0 Å². The van der Waals surface area contributed by atoms with Crippen molar-refractivity contribution in [3.63, 3.8) is 0 Å². The summed E-state index contributed by atoms with van der Waals surface area (Å²) < 4.78 is 0. The lowest BCUT2D eigenvalue weighted by molar-refractivity contribution is 0.826. The Hall–Kier alpha value is -1.32. The first-order valence-corrected chi connectivity index (χ1v) is 5.35. The predicted octanol–water partition coefficient (Wildman–Crippen LogP) is 2.46. The van der Waals surface area contributed by atoms with Crippen LogP contribution in [0.5, 0.6) is 0 Å². The van der Waals surface area contributed by atoms with Crippen molar-refractivity contribution in [3.8, 4) is 0 Å². The lowest BCUT2D eigenvalue weighted by Crippen LogP contribution is -2.15. The van der Waals surface area contributed by atoms with E-state index >= 15 is 0 Å². The van der Waals surface area contributed by atoms with E-state index in [1.54, 1.807) is 6.33 Å². The van der Waals surface area contributed by atoms with Crippen LogP contribution in [0.25, 0.3) is 0 Å². The van der Waals surface area contributed by atoms with Crippen molar-refractivity contribution in [3.05, 3.63) is 11.9 Å². The van der Waals surface area contributed by atoms with Gasteiger partial charge < -0.3 is 10.6 Å². The molecule has 0 fully saturated rings. The van der Waals surface area contributed by atoms with E-state index < -0.39 is 0 Å². The van der Waals surface area contributed by atoms with Gasteiger partial charge in [-0.3, -0.25) is 0 Å². The minimum absolute atomic E-state index is 0.377. The van der Waals surface area contributed by atoms with Crippen LogP contribution in [0, 0.1) is 0 Å². The molecule has 0 atom stereocenters. The molecule has 0 amide bonds. The van der Waals surface area contributed by atoms with E-state index in [4.69, 9.17) is 0 Å². The van der Waals surface area contributed by atoms with E-state index in [1.165, 1.54) is 0 Å². The van der Waals surface area contributed by atoms with Gasteiger partial charge in [0.1, 0.15) is 18.0 Å². The van der Waals surface area contributed by atoms with E-state index in [9.17, 15) is 0 Å². The Kier molecular flexibility index (Phi) is 3.88. The van der Waals surface area contributed by atoms with E-state index in [1.807, 2.05) is 7.05 Å². The molecule has 0 aromatic carbocycles. The Morgan fingerprint density at radius 3 is 2.13 bits per heavy atom. The van der Waals surface area contributed by atoms with Gasteiger partial charge in [0.25, 0.3) is 0 Å². The zero-order valence-corrected chi connectivity index (χ0v) is 10.1. The van der Waals surface area contributed by atoms with Crippen molar-refractivity contribution in [1.82, 2.24) is 9.97 Å². The molecule has 4 nitrogen and oxygen atoms in total. The second kappa shape index (κ2) is 4.96. The smallest absolute Gasteiger partial charge is 0.135 e. The maximum atomic E-state index is 4.29. The quantitative estimate of drug-likeness (QED) is 0.798. The number of anilines is 2. The zero-order chi connectivity index (χ0) is 11.4. The highest BCUT2D eigenvalue weighted by Gasteiger charge is 2.14. The van der Waals surface area contributed by atoms with Crippen molar-refractivity contribution in [2.24, 2.45) is 0 Å². The normalized spacial score (nSPS) is 10.9. The Morgan fingerprint density at radius 1 is 1.07 bits per heavy atom. The minimum Gasteiger partial charge on any atom is -0.373 e. The average molecular weight is 208 g/mol. The minimum atomic E-state index is 0.377. The SMILES string of the molecule is CNc1ncnc(NC(C)C)c1C(C)C. The molecule has 1 aromatic heterocycles. The maximum absolute atomic E-state index is 4.29. The summed E-state index contributed by atoms with van der Waals surface area (Å²) in [7, 11) is 1.88. The second-order valence-electron chi connectivity index (χ2n) is 4.19. The average Bonchev–Trinajstić information content (AvgIpc) is 2.15. The Morgan fingerprint density at radius 2 is 1.67 bits per heavy atom. The summed E-state index contributed by atoms with van der Waals surface area (Å²) in [4.78, 5) is 8.51. The third kappa shape index (κ3) is 2.81. The number of hydrogen-bond acceptors (Lipinski definition) is 4. The molecule has 0 aliphatic carbocycles. The molecule has 0 spiro atoms. The van der Waals surface area contributed by atoms with E-state index in [0.29, 0.717) is 12.0 Å². The van der Waals surface area contributed by atoms with Gasteiger partial charge in [0.05, 0.1) is 0 Å². The summed E-state index contributed by atoms with van der Waals surface area (Å²) >= 11 is 0. The Labute approximate surface area is 91.5 Å². The highest BCUT2D eigenvalue weighted by atomic mass is 15.1. The van der Waals surface area contributed by atoms with Crippen LogP contribution in [0.2, 0.25) is 0 Å². The number of aromatic nitrogens is 2. The van der Waals surface area contributed by atoms with Gasteiger partial charge in [-0.15, -0.1) is 0 Å². The molecule has 1 heterocycles. The standard InChI is InChI=1S/C11H20N4/c1-7(2)9-10(12-5)13-6-14-11(9)15-8(3)4/h6-8H,1-5H3,(H2,12,13,14,15). The van der Waals surface area contributed by atoms with Crippen molar-refractivity contribution >= 4 is 11.6 Å². The maximum Gasteiger partial charge on any atom is 0.135 e. The fourth-order valence-electron chi connectivity index (χ4n) is 1.53. The van der Waals surface area contributed by atoms with Crippen LogP contribution < -0.4 is 10.6 Å². The molecular formula is C11H20N4. The fraction of sp³-hybridized carbons (Fsp3) is 0.636. The van der Waals surface area contributed by atoms with Crippen LogP contribution in [-0.4, -0.2) is 23.1 Å². The molecular weight excluding hydrogens is 188 g/mol. The monoisotopic (exact) mass is 208 g/mol. The summed E-state index contributed by atoms with van der Waals surface area (Å²) in [6, 6.07) is 0.377. The van der Waals surface area contributed by atoms with Gasteiger partial charge in [-0.25, -0.2) is 9.97 Å². The molecule has 0 bridgehead atoms. The highest BCUT2D eigenvalue weighted by Crippen LogP contribution is 2.28. The van der Waals surface area contributed by atoms with Crippen molar-refractivity contribution in [2.45, 2.75) is 39.7 Å². The molecule has 15 heavy (non-hydrogen) atoms. The van der Waals surface area contributed by atoms with E-state index in [0.717, 1.165) is 17.2 Å². The van der Waals surface area contributed by atoms with Crippen molar-refractivity contribution in [1.29, 1.82) is 0 Å². The van der Waals surface area contributed by atoms with E-state index in [-0.39, 0.29) is 0 Å². The number of hydrogen-bond donors (Lipinski definition) is 2. The predicted molar refractivity (Wildman–Crippen MR) is 64.4 cm³/mol. The molecule has 0 saturated carbocycles. The van der Waals surface area contributed by atoms with Gasteiger partial charge in [0.2, 0.25) is 0 Å². The summed E-state index contributed by atoms with van der Waals surface area (Å²) in [5.74, 6) is 2.23. The first-order valence-electron chi connectivity index (χ1n) is 5.35. The summed E-state index contributed by atoms with van der Waals surface area (Å²) in [5.41, 5.74) is 1.15. The zero-order valence-electron chi connectivity index (χ0n) is 10.1. The summed E-state index contributed by atoms with van der Waals surface area (Å²) in [6.07, 6.45) is 1.59. The van der Waals surface area contributed by atoms with Gasteiger partial charge in [0.15, 0.2) is 0 Å². The van der Waals surface area contributed by atoms with Crippen LogP contribution in [0.1, 0.15) is 39.2 Å². The van der Waals surface area contributed by atoms with Gasteiger partial charge >= 0.3 is 0 Å². The molecule has 0 saturated heterocycles. The van der Waals surface area contributed by atoms with Gasteiger partial charge in [0, 0.05) is 18.7 Å².